The molecule has 5 N–H and O–H groups in total. The third kappa shape index (κ3) is 2.11. The lowest BCUT2D eigenvalue weighted by atomic mass is 9.82. The van der Waals surface area contributed by atoms with Crippen LogP contribution in [0.25, 0.3) is 0 Å². The van der Waals surface area contributed by atoms with Gasteiger partial charge in [0.05, 0.1) is 17.0 Å². The highest BCUT2D eigenvalue weighted by atomic mass is 32.2. The summed E-state index contributed by atoms with van der Waals surface area (Å²) < 4.78 is 32.6. The Bertz CT molecular complexity index is 980. The SMILES string of the molecule is CNc1c(S(=O)(=O)O)cc(N)c2c1C(=N)c1ccccc1C2=O. The molecule has 2 aromatic rings. The number of carbonyl (C=O) groups is 1. The van der Waals surface area contributed by atoms with E-state index in [9.17, 15) is 17.8 Å². The summed E-state index contributed by atoms with van der Waals surface area (Å²) >= 11 is 0. The van der Waals surface area contributed by atoms with E-state index in [1.165, 1.54) is 7.05 Å². The topological polar surface area (TPSA) is 133 Å². The Labute approximate surface area is 132 Å². The van der Waals surface area contributed by atoms with Crippen LogP contribution in [-0.2, 0) is 10.1 Å². The summed E-state index contributed by atoms with van der Waals surface area (Å²) in [5.41, 5.74) is 6.54. The zero-order valence-corrected chi connectivity index (χ0v) is 12.9. The third-order valence-corrected chi connectivity index (χ3v) is 4.65. The highest BCUT2D eigenvalue weighted by Crippen LogP contribution is 2.39. The highest BCUT2D eigenvalue weighted by Gasteiger charge is 2.34. The molecule has 0 aliphatic heterocycles. The summed E-state index contributed by atoms with van der Waals surface area (Å²) in [6.07, 6.45) is 0. The molecule has 0 saturated heterocycles. The van der Waals surface area contributed by atoms with Gasteiger partial charge in [0.2, 0.25) is 0 Å². The number of hydrogen-bond acceptors (Lipinski definition) is 6. The fraction of sp³-hybridized carbons (Fsp3) is 0.0667. The molecule has 1 aliphatic rings. The van der Waals surface area contributed by atoms with E-state index in [0.717, 1.165) is 6.07 Å². The summed E-state index contributed by atoms with van der Waals surface area (Å²) in [6, 6.07) is 7.58. The maximum absolute atomic E-state index is 12.7. The van der Waals surface area contributed by atoms with Gasteiger partial charge >= 0.3 is 0 Å². The van der Waals surface area contributed by atoms with E-state index in [1.807, 2.05) is 0 Å². The van der Waals surface area contributed by atoms with Crippen molar-refractivity contribution in [2.45, 2.75) is 4.90 Å². The van der Waals surface area contributed by atoms with Gasteiger partial charge in [-0.2, -0.15) is 8.42 Å². The lowest BCUT2D eigenvalue weighted by Crippen LogP contribution is -2.25. The van der Waals surface area contributed by atoms with E-state index in [1.54, 1.807) is 24.3 Å². The summed E-state index contributed by atoms with van der Waals surface area (Å²) in [6.45, 7) is 0. The Morgan fingerprint density at radius 3 is 2.35 bits per heavy atom. The van der Waals surface area contributed by atoms with Gasteiger partial charge < -0.3 is 11.1 Å². The van der Waals surface area contributed by atoms with Crippen molar-refractivity contribution in [1.29, 1.82) is 5.41 Å². The summed E-state index contributed by atoms with van der Waals surface area (Å²) in [5, 5.41) is 11.0. The quantitative estimate of drug-likeness (QED) is 0.415. The molecule has 1 aliphatic carbocycles. The predicted octanol–water partition coefficient (Wildman–Crippen LogP) is 1.52. The van der Waals surface area contributed by atoms with Gasteiger partial charge in [-0.3, -0.25) is 14.8 Å². The Kier molecular flexibility index (Phi) is 3.24. The molecule has 0 aromatic heterocycles. The van der Waals surface area contributed by atoms with Crippen molar-refractivity contribution < 1.29 is 17.8 Å². The second kappa shape index (κ2) is 4.90. The fourth-order valence-corrected chi connectivity index (χ4v) is 3.53. The highest BCUT2D eigenvalue weighted by molar-refractivity contribution is 7.86. The van der Waals surface area contributed by atoms with Crippen LogP contribution in [0.3, 0.4) is 0 Å². The lowest BCUT2D eigenvalue weighted by molar-refractivity contribution is 0.103. The van der Waals surface area contributed by atoms with Crippen LogP contribution < -0.4 is 11.1 Å². The van der Waals surface area contributed by atoms with Crippen molar-refractivity contribution >= 4 is 33.0 Å². The zero-order valence-electron chi connectivity index (χ0n) is 12.0. The first kappa shape index (κ1) is 15.2. The molecule has 23 heavy (non-hydrogen) atoms. The minimum absolute atomic E-state index is 0.0236. The van der Waals surface area contributed by atoms with E-state index in [0.29, 0.717) is 11.1 Å². The minimum Gasteiger partial charge on any atom is -0.398 e. The van der Waals surface area contributed by atoms with Gasteiger partial charge in [-0.1, -0.05) is 24.3 Å². The second-order valence-electron chi connectivity index (χ2n) is 5.06. The first-order chi connectivity index (χ1) is 10.8. The molecule has 0 unspecified atom stereocenters. The fourth-order valence-electron chi connectivity index (χ4n) is 2.79. The van der Waals surface area contributed by atoms with E-state index < -0.39 is 15.0 Å². The second-order valence-corrected chi connectivity index (χ2v) is 6.45. The van der Waals surface area contributed by atoms with Crippen LogP contribution in [0.5, 0.6) is 0 Å². The molecule has 7 nitrogen and oxygen atoms in total. The average Bonchev–Trinajstić information content (AvgIpc) is 2.50. The molecular weight excluding hydrogens is 318 g/mol. The number of carbonyl (C=O) groups excluding carboxylic acids is 1. The van der Waals surface area contributed by atoms with Gasteiger partial charge in [0, 0.05) is 29.4 Å². The number of ketones is 1. The maximum atomic E-state index is 12.7. The molecule has 0 spiro atoms. The van der Waals surface area contributed by atoms with Crippen molar-refractivity contribution in [3.8, 4) is 0 Å². The van der Waals surface area contributed by atoms with Gasteiger partial charge in [0.15, 0.2) is 5.78 Å². The Hall–Kier alpha value is -2.71. The third-order valence-electron chi connectivity index (χ3n) is 3.77. The number of nitrogen functional groups attached to an aromatic ring is 1. The normalized spacial score (nSPS) is 13.5. The standard InChI is InChI=1S/C15H13N3O4S/c1-18-14-10(23(20,21)22)6-9(16)11-12(14)13(17)7-4-2-3-5-8(7)15(11)19/h2-6,17-18H,16H2,1H3,(H,20,21,22). The number of fused-ring (bicyclic) bond motifs is 2. The molecule has 2 aromatic carbocycles. The van der Waals surface area contributed by atoms with Gasteiger partial charge in [-0.15, -0.1) is 0 Å². The molecule has 8 heteroatoms. The van der Waals surface area contributed by atoms with Gasteiger partial charge in [-0.05, 0) is 6.07 Å². The Morgan fingerprint density at radius 1 is 1.17 bits per heavy atom. The number of benzene rings is 2. The van der Waals surface area contributed by atoms with Crippen molar-refractivity contribution in [3.63, 3.8) is 0 Å². The number of hydrogen-bond donors (Lipinski definition) is 4. The van der Waals surface area contributed by atoms with Gasteiger partial charge in [0.1, 0.15) is 4.90 Å². The molecule has 0 atom stereocenters. The van der Waals surface area contributed by atoms with E-state index in [-0.39, 0.29) is 34.0 Å². The minimum atomic E-state index is -4.57. The monoisotopic (exact) mass is 331 g/mol. The summed E-state index contributed by atoms with van der Waals surface area (Å²) in [5.74, 6) is -0.387. The van der Waals surface area contributed by atoms with Crippen LogP contribution in [0.2, 0.25) is 0 Å². The molecule has 0 saturated carbocycles. The number of anilines is 2. The predicted molar refractivity (Wildman–Crippen MR) is 86.0 cm³/mol. The lowest BCUT2D eigenvalue weighted by Gasteiger charge is -2.24. The van der Waals surface area contributed by atoms with Crippen molar-refractivity contribution in [2.75, 3.05) is 18.1 Å². The molecule has 0 bridgehead atoms. The van der Waals surface area contributed by atoms with Crippen LogP contribution in [0.4, 0.5) is 11.4 Å². The van der Waals surface area contributed by atoms with Crippen molar-refractivity contribution in [1.82, 2.24) is 0 Å². The van der Waals surface area contributed by atoms with Crippen LogP contribution in [0.1, 0.15) is 27.0 Å². The van der Waals surface area contributed by atoms with Crippen LogP contribution in [0, 0.1) is 5.41 Å². The largest absolute Gasteiger partial charge is 0.398 e. The smallest absolute Gasteiger partial charge is 0.296 e. The molecule has 118 valence electrons. The van der Waals surface area contributed by atoms with Crippen molar-refractivity contribution in [3.05, 3.63) is 52.6 Å². The molecule has 0 fully saturated rings. The van der Waals surface area contributed by atoms with E-state index in [4.69, 9.17) is 11.1 Å². The average molecular weight is 331 g/mol. The first-order valence-electron chi connectivity index (χ1n) is 6.62. The number of rotatable bonds is 2. The number of nitrogens with two attached hydrogens (primary N) is 1. The summed E-state index contributed by atoms with van der Waals surface area (Å²) in [7, 11) is -3.13. The van der Waals surface area contributed by atoms with E-state index in [2.05, 4.69) is 5.32 Å². The molecule has 0 heterocycles. The Balaban J connectivity index is 2.46. The first-order valence-corrected chi connectivity index (χ1v) is 8.06. The van der Waals surface area contributed by atoms with Gasteiger partial charge in [0.25, 0.3) is 10.1 Å². The van der Waals surface area contributed by atoms with Crippen LogP contribution in [0.15, 0.2) is 35.2 Å². The molecule has 3 rings (SSSR count). The van der Waals surface area contributed by atoms with Crippen LogP contribution >= 0.6 is 0 Å². The molecular formula is C15H13N3O4S. The van der Waals surface area contributed by atoms with Crippen molar-refractivity contribution in [2.24, 2.45) is 0 Å². The number of nitrogens with one attached hydrogen (secondary N) is 2. The van der Waals surface area contributed by atoms with Crippen LogP contribution in [-0.4, -0.2) is 31.5 Å². The van der Waals surface area contributed by atoms with Gasteiger partial charge in [-0.25, -0.2) is 0 Å². The van der Waals surface area contributed by atoms with E-state index >= 15 is 0 Å². The maximum Gasteiger partial charge on any atom is 0.296 e. The Morgan fingerprint density at radius 2 is 1.78 bits per heavy atom. The zero-order chi connectivity index (χ0) is 16.9. The molecule has 0 amide bonds. The molecule has 0 radical (unpaired) electrons. The summed E-state index contributed by atoms with van der Waals surface area (Å²) in [4.78, 5) is 12.2.